The molecule has 0 radical (unpaired) electrons. The van der Waals surface area contributed by atoms with Crippen LogP contribution in [0.15, 0.2) is 53.7 Å². The fourth-order valence-electron chi connectivity index (χ4n) is 3.80. The number of piperidine rings is 1. The molecule has 1 heterocycles. The van der Waals surface area contributed by atoms with Crippen molar-refractivity contribution in [2.45, 2.75) is 51.8 Å². The van der Waals surface area contributed by atoms with Crippen molar-refractivity contribution in [1.82, 2.24) is 4.90 Å². The van der Waals surface area contributed by atoms with Crippen LogP contribution in [-0.4, -0.2) is 42.8 Å². The number of hydrogen-bond acceptors (Lipinski definition) is 5. The van der Waals surface area contributed by atoms with Crippen LogP contribution in [-0.2, 0) is 16.2 Å². The first-order chi connectivity index (χ1) is 14.6. The smallest absolute Gasteiger partial charge is 0.263 e. The van der Waals surface area contributed by atoms with Crippen LogP contribution in [0.25, 0.3) is 0 Å². The Labute approximate surface area is 178 Å². The molecule has 30 heavy (non-hydrogen) atoms. The minimum Gasteiger partial charge on any atom is -0.493 e. The van der Waals surface area contributed by atoms with E-state index in [0.717, 1.165) is 30.4 Å². The number of oxime groups is 1. The predicted molar refractivity (Wildman–Crippen MR) is 117 cm³/mol. The number of hydrogen-bond donors (Lipinski definition) is 0. The van der Waals surface area contributed by atoms with Crippen LogP contribution in [0.1, 0.15) is 44.2 Å². The zero-order valence-corrected chi connectivity index (χ0v) is 17.9. The van der Waals surface area contributed by atoms with Crippen molar-refractivity contribution in [2.75, 3.05) is 13.7 Å². The molecular weight excluding hydrogens is 380 g/mol. The number of carbonyl (C=O) groups excluding carboxylic acids is 1. The molecule has 0 spiro atoms. The summed E-state index contributed by atoms with van der Waals surface area (Å²) >= 11 is 0. The Balaban J connectivity index is 1.56. The lowest BCUT2D eigenvalue weighted by molar-refractivity contribution is -0.142. The molecule has 3 rings (SSSR count). The summed E-state index contributed by atoms with van der Waals surface area (Å²) in [5.41, 5.74) is 1.87. The first-order valence-electron chi connectivity index (χ1n) is 10.4. The van der Waals surface area contributed by atoms with E-state index in [0.29, 0.717) is 18.1 Å². The third kappa shape index (κ3) is 5.75. The minimum absolute atomic E-state index is 0.0199. The van der Waals surface area contributed by atoms with E-state index < -0.39 is 0 Å². The van der Waals surface area contributed by atoms with Gasteiger partial charge < -0.3 is 19.2 Å². The second kappa shape index (κ2) is 10.7. The number of rotatable bonds is 8. The molecule has 1 aliphatic heterocycles. The Kier molecular flexibility index (Phi) is 7.71. The van der Waals surface area contributed by atoms with Crippen molar-refractivity contribution in [1.29, 1.82) is 0 Å². The van der Waals surface area contributed by atoms with E-state index in [4.69, 9.17) is 14.3 Å². The molecule has 0 aromatic heterocycles. The maximum atomic E-state index is 12.5. The zero-order valence-electron chi connectivity index (χ0n) is 17.9. The minimum atomic E-state index is -0.0568. The lowest BCUT2D eigenvalue weighted by Gasteiger charge is -2.38. The summed E-state index contributed by atoms with van der Waals surface area (Å²) in [4.78, 5) is 19.7. The van der Waals surface area contributed by atoms with E-state index >= 15 is 0 Å². The van der Waals surface area contributed by atoms with Crippen molar-refractivity contribution in [2.24, 2.45) is 5.16 Å². The summed E-state index contributed by atoms with van der Waals surface area (Å²) in [6.45, 7) is 4.56. The van der Waals surface area contributed by atoms with Gasteiger partial charge in [-0.3, -0.25) is 4.79 Å². The highest BCUT2D eigenvalue weighted by Crippen LogP contribution is 2.28. The molecule has 0 bridgehead atoms. The molecule has 2 aromatic carbocycles. The van der Waals surface area contributed by atoms with E-state index in [-0.39, 0.29) is 24.6 Å². The van der Waals surface area contributed by atoms with E-state index in [9.17, 15) is 4.79 Å². The van der Waals surface area contributed by atoms with Gasteiger partial charge in [0.05, 0.1) is 13.3 Å². The molecule has 0 N–H and O–H groups in total. The van der Waals surface area contributed by atoms with Crippen LogP contribution in [0.3, 0.4) is 0 Å². The van der Waals surface area contributed by atoms with Crippen LogP contribution in [0.5, 0.6) is 11.5 Å². The third-order valence-electron chi connectivity index (χ3n) is 5.37. The number of carbonyl (C=O) groups is 1. The van der Waals surface area contributed by atoms with Gasteiger partial charge in [-0.1, -0.05) is 35.5 Å². The molecule has 0 saturated carbocycles. The fraction of sp³-hybridized carbons (Fsp3) is 0.417. The van der Waals surface area contributed by atoms with Crippen LogP contribution in [0.4, 0.5) is 0 Å². The van der Waals surface area contributed by atoms with Gasteiger partial charge in [0, 0.05) is 17.6 Å². The molecule has 2 unspecified atom stereocenters. The second-order valence-corrected chi connectivity index (χ2v) is 7.62. The number of ether oxygens (including phenoxy) is 2. The zero-order chi connectivity index (χ0) is 21.3. The summed E-state index contributed by atoms with van der Waals surface area (Å²) in [6, 6.07) is 16.0. The Bertz CT molecular complexity index is 844. The molecule has 160 valence electrons. The number of benzene rings is 2. The molecule has 2 atom stereocenters. The van der Waals surface area contributed by atoms with E-state index in [1.165, 1.54) is 0 Å². The van der Waals surface area contributed by atoms with Gasteiger partial charge in [-0.2, -0.15) is 0 Å². The van der Waals surface area contributed by atoms with Crippen molar-refractivity contribution < 1.29 is 19.1 Å². The molecule has 1 fully saturated rings. The van der Waals surface area contributed by atoms with Crippen LogP contribution < -0.4 is 9.47 Å². The molecular formula is C24H30N2O4. The Morgan fingerprint density at radius 2 is 1.83 bits per heavy atom. The predicted octanol–water partition coefficient (Wildman–Crippen LogP) is 4.41. The first-order valence-corrected chi connectivity index (χ1v) is 10.4. The third-order valence-corrected chi connectivity index (χ3v) is 5.37. The van der Waals surface area contributed by atoms with Gasteiger partial charge in [0.1, 0.15) is 6.61 Å². The van der Waals surface area contributed by atoms with Crippen LogP contribution in [0.2, 0.25) is 0 Å². The molecule has 1 saturated heterocycles. The monoisotopic (exact) mass is 410 g/mol. The molecule has 1 aliphatic rings. The quantitative estimate of drug-likeness (QED) is 0.478. The van der Waals surface area contributed by atoms with Gasteiger partial charge in [0.25, 0.3) is 5.91 Å². The first kappa shape index (κ1) is 21.7. The summed E-state index contributed by atoms with van der Waals surface area (Å²) in [5.74, 6) is 1.25. The normalized spacial score (nSPS) is 19.0. The topological polar surface area (TPSA) is 60.4 Å². The van der Waals surface area contributed by atoms with Crippen molar-refractivity contribution in [3.63, 3.8) is 0 Å². The molecule has 6 nitrogen and oxygen atoms in total. The van der Waals surface area contributed by atoms with Crippen LogP contribution >= 0.6 is 0 Å². The van der Waals surface area contributed by atoms with Crippen molar-refractivity contribution >= 4 is 12.1 Å². The summed E-state index contributed by atoms with van der Waals surface area (Å²) in [7, 11) is 1.61. The lowest BCUT2D eigenvalue weighted by Crippen LogP contribution is -2.48. The van der Waals surface area contributed by atoms with E-state index in [1.807, 2.05) is 53.4 Å². The summed E-state index contributed by atoms with van der Waals surface area (Å²) < 4.78 is 11.3. The highest BCUT2D eigenvalue weighted by molar-refractivity contribution is 5.81. The number of likely N-dealkylation sites (tertiary alicyclic amines) is 1. The van der Waals surface area contributed by atoms with Gasteiger partial charge in [-0.05, 0) is 56.9 Å². The second-order valence-electron chi connectivity index (χ2n) is 7.62. The molecule has 1 amide bonds. The summed E-state index contributed by atoms with van der Waals surface area (Å²) in [5, 5.41) is 3.97. The fourth-order valence-corrected chi connectivity index (χ4v) is 3.80. The SMILES string of the molecule is COc1ccc(/C=N\OCC(=O)N2C(C)CCCC2C)cc1OCc1ccccc1. The Morgan fingerprint density at radius 1 is 1.10 bits per heavy atom. The van der Waals surface area contributed by atoms with Gasteiger partial charge in [-0.15, -0.1) is 0 Å². The van der Waals surface area contributed by atoms with Gasteiger partial charge in [0.2, 0.25) is 0 Å². The highest BCUT2D eigenvalue weighted by Gasteiger charge is 2.28. The van der Waals surface area contributed by atoms with Crippen molar-refractivity contribution in [3.8, 4) is 11.5 Å². The largest absolute Gasteiger partial charge is 0.493 e. The maximum Gasteiger partial charge on any atom is 0.263 e. The van der Waals surface area contributed by atoms with Crippen LogP contribution in [0, 0.1) is 0 Å². The van der Waals surface area contributed by atoms with E-state index in [1.54, 1.807) is 13.3 Å². The van der Waals surface area contributed by atoms with Gasteiger partial charge in [0.15, 0.2) is 18.1 Å². The number of nitrogens with zero attached hydrogens (tertiary/aromatic N) is 2. The van der Waals surface area contributed by atoms with E-state index in [2.05, 4.69) is 19.0 Å². The molecule has 6 heteroatoms. The van der Waals surface area contributed by atoms with Gasteiger partial charge in [-0.25, -0.2) is 0 Å². The standard InChI is InChI=1S/C24H30N2O4/c1-18-8-7-9-19(2)26(18)24(27)17-30-25-15-21-12-13-22(28-3)23(14-21)29-16-20-10-5-4-6-11-20/h4-6,10-15,18-19H,7-9,16-17H2,1-3H3/b25-15-. The average molecular weight is 411 g/mol. The van der Waals surface area contributed by atoms with Gasteiger partial charge >= 0.3 is 0 Å². The lowest BCUT2D eigenvalue weighted by atomic mass is 9.97. The van der Waals surface area contributed by atoms with Crippen molar-refractivity contribution in [3.05, 3.63) is 59.7 Å². The summed E-state index contributed by atoms with van der Waals surface area (Å²) in [6.07, 6.45) is 4.82. The Morgan fingerprint density at radius 3 is 2.53 bits per heavy atom. The molecule has 2 aromatic rings. The number of methoxy groups -OCH3 is 1. The Hall–Kier alpha value is -3.02. The maximum absolute atomic E-state index is 12.5. The average Bonchev–Trinajstić information content (AvgIpc) is 2.76. The molecule has 0 aliphatic carbocycles. The number of amides is 1. The highest BCUT2D eigenvalue weighted by atomic mass is 16.6.